The van der Waals surface area contributed by atoms with Crippen LogP contribution in [-0.4, -0.2) is 22.5 Å². The number of rotatable bonds is 3. The minimum Gasteiger partial charge on any atom is -0.361 e. The van der Waals surface area contributed by atoms with Gasteiger partial charge in [0.2, 0.25) is 5.91 Å². The van der Waals surface area contributed by atoms with E-state index in [4.69, 9.17) is 16.1 Å². The lowest BCUT2D eigenvalue weighted by atomic mass is 10.1. The van der Waals surface area contributed by atoms with Crippen molar-refractivity contribution in [1.82, 2.24) is 10.1 Å². The summed E-state index contributed by atoms with van der Waals surface area (Å²) in [5, 5.41) is 4.28. The normalized spacial score (nSPS) is 18.0. The van der Waals surface area contributed by atoms with Gasteiger partial charge in [0.1, 0.15) is 17.3 Å². The highest BCUT2D eigenvalue weighted by molar-refractivity contribution is 6.31. The molecular formula is C16H16ClFN2O2. The van der Waals surface area contributed by atoms with Gasteiger partial charge in [0.05, 0.1) is 12.5 Å². The van der Waals surface area contributed by atoms with Gasteiger partial charge >= 0.3 is 0 Å². The maximum Gasteiger partial charge on any atom is 0.227 e. The highest BCUT2D eigenvalue weighted by Crippen LogP contribution is 2.32. The van der Waals surface area contributed by atoms with Gasteiger partial charge in [0, 0.05) is 23.2 Å². The number of aromatic nitrogens is 1. The monoisotopic (exact) mass is 322 g/mol. The van der Waals surface area contributed by atoms with Crippen molar-refractivity contribution in [2.45, 2.75) is 32.2 Å². The van der Waals surface area contributed by atoms with Gasteiger partial charge in [-0.15, -0.1) is 0 Å². The number of hydrogen-bond acceptors (Lipinski definition) is 3. The van der Waals surface area contributed by atoms with Gasteiger partial charge in [-0.1, -0.05) is 22.8 Å². The molecule has 1 aromatic heterocycles. The molecule has 1 unspecified atom stereocenters. The van der Waals surface area contributed by atoms with Crippen molar-refractivity contribution in [2.24, 2.45) is 0 Å². The number of amides is 1. The zero-order valence-electron chi connectivity index (χ0n) is 12.2. The van der Waals surface area contributed by atoms with E-state index in [-0.39, 0.29) is 29.0 Å². The smallest absolute Gasteiger partial charge is 0.227 e. The zero-order chi connectivity index (χ0) is 15.7. The summed E-state index contributed by atoms with van der Waals surface area (Å²) < 4.78 is 18.9. The number of hydrogen-bond donors (Lipinski definition) is 0. The molecule has 0 aliphatic carbocycles. The number of likely N-dealkylation sites (tertiary alicyclic amines) is 1. The van der Waals surface area contributed by atoms with E-state index >= 15 is 0 Å². The van der Waals surface area contributed by atoms with Crippen molar-refractivity contribution in [2.75, 3.05) is 6.54 Å². The van der Waals surface area contributed by atoms with Gasteiger partial charge in [-0.05, 0) is 31.9 Å². The van der Waals surface area contributed by atoms with Crippen molar-refractivity contribution in [3.63, 3.8) is 0 Å². The van der Waals surface area contributed by atoms with Gasteiger partial charge in [-0.3, -0.25) is 4.79 Å². The van der Waals surface area contributed by atoms with Gasteiger partial charge in [0.15, 0.2) is 0 Å². The first-order valence-electron chi connectivity index (χ1n) is 7.22. The van der Waals surface area contributed by atoms with Crippen LogP contribution in [0.5, 0.6) is 0 Å². The molecule has 116 valence electrons. The largest absolute Gasteiger partial charge is 0.361 e. The predicted molar refractivity (Wildman–Crippen MR) is 80.0 cm³/mol. The van der Waals surface area contributed by atoms with Crippen LogP contribution >= 0.6 is 11.6 Å². The van der Waals surface area contributed by atoms with E-state index < -0.39 is 5.82 Å². The van der Waals surface area contributed by atoms with Gasteiger partial charge < -0.3 is 9.42 Å². The van der Waals surface area contributed by atoms with Crippen LogP contribution in [0.4, 0.5) is 4.39 Å². The molecule has 1 fully saturated rings. The number of aryl methyl sites for hydroxylation is 1. The van der Waals surface area contributed by atoms with Crippen LogP contribution in [0.25, 0.3) is 0 Å². The molecule has 1 aliphatic rings. The minimum absolute atomic E-state index is 0.0428. The van der Waals surface area contributed by atoms with Crippen molar-refractivity contribution in [3.05, 3.63) is 52.1 Å². The molecule has 4 nitrogen and oxygen atoms in total. The Morgan fingerprint density at radius 3 is 3.05 bits per heavy atom. The molecule has 3 rings (SSSR count). The Morgan fingerprint density at radius 1 is 1.55 bits per heavy atom. The van der Waals surface area contributed by atoms with E-state index in [9.17, 15) is 9.18 Å². The Bertz CT molecular complexity index is 681. The topological polar surface area (TPSA) is 46.3 Å². The SMILES string of the molecule is Cc1cc(C2CCCN2C(=O)Cc2c(F)cccc2Cl)no1. The fourth-order valence-electron chi connectivity index (χ4n) is 2.87. The summed E-state index contributed by atoms with van der Waals surface area (Å²) in [6, 6.07) is 6.18. The molecular weight excluding hydrogens is 307 g/mol. The molecule has 1 atom stereocenters. The Morgan fingerprint density at radius 2 is 2.36 bits per heavy atom. The predicted octanol–water partition coefficient (Wildman–Crippen LogP) is 3.68. The highest BCUT2D eigenvalue weighted by Gasteiger charge is 2.32. The summed E-state index contributed by atoms with van der Waals surface area (Å²) in [4.78, 5) is 14.3. The van der Waals surface area contributed by atoms with Crippen LogP contribution in [0.15, 0.2) is 28.8 Å². The lowest BCUT2D eigenvalue weighted by Gasteiger charge is -2.23. The first kappa shape index (κ1) is 15.0. The first-order chi connectivity index (χ1) is 10.6. The quantitative estimate of drug-likeness (QED) is 0.866. The van der Waals surface area contributed by atoms with Crippen LogP contribution in [0.2, 0.25) is 5.02 Å². The number of benzene rings is 1. The molecule has 1 aromatic carbocycles. The van der Waals surface area contributed by atoms with Crippen LogP contribution in [0.3, 0.4) is 0 Å². The van der Waals surface area contributed by atoms with Crippen LogP contribution < -0.4 is 0 Å². The van der Waals surface area contributed by atoms with E-state index in [0.717, 1.165) is 18.5 Å². The van der Waals surface area contributed by atoms with E-state index in [1.165, 1.54) is 12.1 Å². The number of carbonyl (C=O) groups is 1. The molecule has 2 aromatic rings. The minimum atomic E-state index is -0.450. The second-order valence-corrected chi connectivity index (χ2v) is 5.89. The lowest BCUT2D eigenvalue weighted by Crippen LogP contribution is -2.32. The summed E-state index contributed by atoms with van der Waals surface area (Å²) >= 11 is 6.00. The van der Waals surface area contributed by atoms with Crippen molar-refractivity contribution < 1.29 is 13.7 Å². The second kappa shape index (κ2) is 6.08. The number of carbonyl (C=O) groups excluding carboxylic acids is 1. The van der Waals surface area contributed by atoms with Crippen molar-refractivity contribution >= 4 is 17.5 Å². The third kappa shape index (κ3) is 2.86. The molecule has 6 heteroatoms. The van der Waals surface area contributed by atoms with E-state index in [2.05, 4.69) is 5.16 Å². The summed E-state index contributed by atoms with van der Waals surface area (Å²) in [5.41, 5.74) is 0.999. The summed E-state index contributed by atoms with van der Waals surface area (Å²) in [7, 11) is 0. The highest BCUT2D eigenvalue weighted by atomic mass is 35.5. The van der Waals surface area contributed by atoms with E-state index in [1.807, 2.05) is 13.0 Å². The zero-order valence-corrected chi connectivity index (χ0v) is 12.9. The average molecular weight is 323 g/mol. The molecule has 22 heavy (non-hydrogen) atoms. The Balaban J connectivity index is 1.79. The Hall–Kier alpha value is -1.88. The molecule has 0 bridgehead atoms. The standard InChI is InChI=1S/C16H16ClFN2O2/c1-10-8-14(19-22-10)15-6-3-7-20(15)16(21)9-11-12(17)4-2-5-13(11)18/h2,4-5,8,15H,3,6-7,9H2,1H3. The molecule has 1 aliphatic heterocycles. The molecule has 0 radical (unpaired) electrons. The summed E-state index contributed by atoms with van der Waals surface area (Å²) in [6.45, 7) is 2.46. The fourth-order valence-corrected chi connectivity index (χ4v) is 3.10. The molecule has 2 heterocycles. The Kier molecular flexibility index (Phi) is 4.16. The number of nitrogens with zero attached hydrogens (tertiary/aromatic N) is 2. The third-order valence-electron chi connectivity index (χ3n) is 3.95. The molecule has 1 saturated heterocycles. The van der Waals surface area contributed by atoms with Crippen LogP contribution in [-0.2, 0) is 11.2 Å². The number of halogens is 2. The van der Waals surface area contributed by atoms with Crippen molar-refractivity contribution in [3.8, 4) is 0 Å². The third-order valence-corrected chi connectivity index (χ3v) is 4.30. The molecule has 1 amide bonds. The molecule has 0 N–H and O–H groups in total. The van der Waals surface area contributed by atoms with Gasteiger partial charge in [0.25, 0.3) is 0 Å². The molecule has 0 spiro atoms. The lowest BCUT2D eigenvalue weighted by molar-refractivity contribution is -0.131. The average Bonchev–Trinajstić information content (AvgIpc) is 3.11. The van der Waals surface area contributed by atoms with Crippen molar-refractivity contribution in [1.29, 1.82) is 0 Å². The summed E-state index contributed by atoms with van der Waals surface area (Å²) in [5.74, 6) is 0.121. The van der Waals surface area contributed by atoms with Gasteiger partial charge in [-0.25, -0.2) is 4.39 Å². The molecule has 0 saturated carbocycles. The first-order valence-corrected chi connectivity index (χ1v) is 7.59. The maximum atomic E-state index is 13.8. The maximum absolute atomic E-state index is 13.8. The van der Waals surface area contributed by atoms with Gasteiger partial charge in [-0.2, -0.15) is 0 Å². The van der Waals surface area contributed by atoms with Crippen LogP contribution in [0.1, 0.15) is 35.9 Å². The fraction of sp³-hybridized carbons (Fsp3) is 0.375. The van der Waals surface area contributed by atoms with E-state index in [1.54, 1.807) is 11.0 Å². The summed E-state index contributed by atoms with van der Waals surface area (Å²) in [6.07, 6.45) is 1.69. The van der Waals surface area contributed by atoms with E-state index in [0.29, 0.717) is 12.3 Å². The Labute approximate surface area is 132 Å². The van der Waals surface area contributed by atoms with Crippen LogP contribution in [0, 0.1) is 12.7 Å². The second-order valence-electron chi connectivity index (χ2n) is 5.48.